The van der Waals surface area contributed by atoms with Crippen LogP contribution < -0.4 is 5.32 Å². The Morgan fingerprint density at radius 1 is 1.20 bits per heavy atom. The molecule has 0 aliphatic carbocycles. The molecular formula is C17H25N3. The van der Waals surface area contributed by atoms with Crippen molar-refractivity contribution in [3.8, 4) is 5.69 Å². The Hall–Kier alpha value is -1.61. The van der Waals surface area contributed by atoms with E-state index in [-0.39, 0.29) is 0 Å². The average molecular weight is 271 g/mol. The minimum atomic E-state index is 0.350. The molecule has 1 aromatic heterocycles. The van der Waals surface area contributed by atoms with Gasteiger partial charge in [0.05, 0.1) is 5.69 Å². The molecule has 1 N–H and O–H groups in total. The summed E-state index contributed by atoms with van der Waals surface area (Å²) >= 11 is 0. The van der Waals surface area contributed by atoms with Crippen molar-refractivity contribution in [3.63, 3.8) is 0 Å². The van der Waals surface area contributed by atoms with Gasteiger partial charge in [0.15, 0.2) is 0 Å². The standard InChI is InChI=1S/C17H25N3/c1-4-8-17-19-12-13-20(17)16-10-7-6-9-15(16)14(3)18-11-5-2/h6-7,9-10,12-14,18H,4-5,8,11H2,1-3H3. The molecule has 2 rings (SSSR count). The number of imidazole rings is 1. The van der Waals surface area contributed by atoms with Crippen LogP contribution in [0.1, 0.15) is 51.0 Å². The Balaban J connectivity index is 2.34. The lowest BCUT2D eigenvalue weighted by Crippen LogP contribution is -2.21. The summed E-state index contributed by atoms with van der Waals surface area (Å²) in [6.45, 7) is 7.66. The van der Waals surface area contributed by atoms with Crippen molar-refractivity contribution in [2.75, 3.05) is 6.54 Å². The summed E-state index contributed by atoms with van der Waals surface area (Å²) in [6.07, 6.45) is 7.24. The van der Waals surface area contributed by atoms with Gasteiger partial charge in [-0.05, 0) is 37.9 Å². The molecule has 1 unspecified atom stereocenters. The number of hydrogen-bond acceptors (Lipinski definition) is 2. The Labute approximate surface area is 122 Å². The van der Waals surface area contributed by atoms with Crippen LogP contribution in [0, 0.1) is 0 Å². The van der Waals surface area contributed by atoms with E-state index in [2.05, 4.69) is 66.1 Å². The van der Waals surface area contributed by atoms with E-state index in [9.17, 15) is 0 Å². The third-order valence-corrected chi connectivity index (χ3v) is 3.55. The van der Waals surface area contributed by atoms with Gasteiger partial charge >= 0.3 is 0 Å². The van der Waals surface area contributed by atoms with Crippen molar-refractivity contribution in [1.29, 1.82) is 0 Å². The van der Waals surface area contributed by atoms with E-state index < -0.39 is 0 Å². The monoisotopic (exact) mass is 271 g/mol. The van der Waals surface area contributed by atoms with Crippen molar-refractivity contribution in [1.82, 2.24) is 14.9 Å². The van der Waals surface area contributed by atoms with E-state index in [0.29, 0.717) is 6.04 Å². The average Bonchev–Trinajstić information content (AvgIpc) is 2.93. The number of nitrogens with zero attached hydrogens (tertiary/aromatic N) is 2. The zero-order chi connectivity index (χ0) is 14.4. The van der Waals surface area contributed by atoms with Crippen LogP contribution in [-0.4, -0.2) is 16.1 Å². The molecule has 3 nitrogen and oxygen atoms in total. The van der Waals surface area contributed by atoms with E-state index >= 15 is 0 Å². The number of benzene rings is 1. The van der Waals surface area contributed by atoms with E-state index in [4.69, 9.17) is 0 Å². The highest BCUT2D eigenvalue weighted by Gasteiger charge is 2.12. The summed E-state index contributed by atoms with van der Waals surface area (Å²) < 4.78 is 2.23. The van der Waals surface area contributed by atoms with Gasteiger partial charge in [-0.3, -0.25) is 0 Å². The van der Waals surface area contributed by atoms with Gasteiger partial charge in [-0.25, -0.2) is 4.98 Å². The highest BCUT2D eigenvalue weighted by Crippen LogP contribution is 2.23. The van der Waals surface area contributed by atoms with E-state index in [1.165, 1.54) is 11.3 Å². The van der Waals surface area contributed by atoms with Crippen LogP contribution in [0.25, 0.3) is 5.69 Å². The van der Waals surface area contributed by atoms with Crippen molar-refractivity contribution in [3.05, 3.63) is 48.0 Å². The van der Waals surface area contributed by atoms with Crippen LogP contribution >= 0.6 is 0 Å². The number of nitrogens with one attached hydrogen (secondary N) is 1. The first-order valence-corrected chi connectivity index (χ1v) is 7.62. The predicted octanol–water partition coefficient (Wildman–Crippen LogP) is 3.89. The molecule has 1 aromatic carbocycles. The first kappa shape index (κ1) is 14.8. The normalized spacial score (nSPS) is 12.6. The van der Waals surface area contributed by atoms with Gasteiger partial charge in [-0.1, -0.05) is 32.0 Å². The van der Waals surface area contributed by atoms with E-state index in [0.717, 1.165) is 31.6 Å². The van der Waals surface area contributed by atoms with Gasteiger partial charge in [0.25, 0.3) is 0 Å². The van der Waals surface area contributed by atoms with Gasteiger partial charge in [-0.15, -0.1) is 0 Å². The van der Waals surface area contributed by atoms with Crippen LogP contribution in [0.4, 0.5) is 0 Å². The topological polar surface area (TPSA) is 29.9 Å². The quantitative estimate of drug-likeness (QED) is 0.828. The van der Waals surface area contributed by atoms with Crippen LogP contribution in [0.5, 0.6) is 0 Å². The number of aromatic nitrogens is 2. The maximum atomic E-state index is 4.49. The Kier molecular flexibility index (Phi) is 5.36. The lowest BCUT2D eigenvalue weighted by Gasteiger charge is -2.19. The zero-order valence-electron chi connectivity index (χ0n) is 12.8. The number of rotatable bonds is 7. The minimum Gasteiger partial charge on any atom is -0.310 e. The minimum absolute atomic E-state index is 0.350. The van der Waals surface area contributed by atoms with Gasteiger partial charge in [0, 0.05) is 24.9 Å². The molecule has 1 heterocycles. The fraction of sp³-hybridized carbons (Fsp3) is 0.471. The molecule has 0 bridgehead atoms. The molecule has 108 valence electrons. The van der Waals surface area contributed by atoms with Gasteiger partial charge in [0.1, 0.15) is 5.82 Å². The van der Waals surface area contributed by atoms with Crippen molar-refractivity contribution >= 4 is 0 Å². The first-order chi connectivity index (χ1) is 9.77. The molecule has 0 radical (unpaired) electrons. The lowest BCUT2D eigenvalue weighted by molar-refractivity contribution is 0.568. The molecule has 0 fully saturated rings. The van der Waals surface area contributed by atoms with Crippen LogP contribution in [-0.2, 0) is 6.42 Å². The third kappa shape index (κ3) is 3.28. The highest BCUT2D eigenvalue weighted by molar-refractivity contribution is 5.43. The molecular weight excluding hydrogens is 246 g/mol. The van der Waals surface area contributed by atoms with Gasteiger partial charge in [-0.2, -0.15) is 0 Å². The molecule has 0 amide bonds. The maximum Gasteiger partial charge on any atom is 0.113 e. The maximum absolute atomic E-state index is 4.49. The summed E-state index contributed by atoms with van der Waals surface area (Å²) in [7, 11) is 0. The summed E-state index contributed by atoms with van der Waals surface area (Å²) in [4.78, 5) is 4.49. The largest absolute Gasteiger partial charge is 0.310 e. The van der Waals surface area contributed by atoms with Crippen molar-refractivity contribution in [2.24, 2.45) is 0 Å². The molecule has 1 atom stereocenters. The fourth-order valence-electron chi connectivity index (χ4n) is 2.51. The van der Waals surface area contributed by atoms with Crippen molar-refractivity contribution < 1.29 is 0 Å². The second-order valence-corrected chi connectivity index (χ2v) is 5.20. The molecule has 0 saturated heterocycles. The summed E-state index contributed by atoms with van der Waals surface area (Å²) in [5.74, 6) is 1.14. The van der Waals surface area contributed by atoms with E-state index in [1.807, 2.05) is 6.20 Å². The van der Waals surface area contributed by atoms with Crippen molar-refractivity contribution in [2.45, 2.75) is 46.1 Å². The fourth-order valence-corrected chi connectivity index (χ4v) is 2.51. The number of para-hydroxylation sites is 1. The van der Waals surface area contributed by atoms with Crippen LogP contribution in [0.15, 0.2) is 36.7 Å². The van der Waals surface area contributed by atoms with E-state index in [1.54, 1.807) is 0 Å². The molecule has 20 heavy (non-hydrogen) atoms. The first-order valence-electron chi connectivity index (χ1n) is 7.62. The van der Waals surface area contributed by atoms with Gasteiger partial charge in [0.2, 0.25) is 0 Å². The second kappa shape index (κ2) is 7.25. The Morgan fingerprint density at radius 3 is 2.75 bits per heavy atom. The smallest absolute Gasteiger partial charge is 0.113 e. The number of aryl methyl sites for hydroxylation is 1. The highest BCUT2D eigenvalue weighted by atomic mass is 15.1. The van der Waals surface area contributed by atoms with Gasteiger partial charge < -0.3 is 9.88 Å². The molecule has 0 spiro atoms. The Morgan fingerprint density at radius 2 is 2.00 bits per heavy atom. The molecule has 0 aliphatic rings. The Bertz CT molecular complexity index is 531. The molecule has 2 aromatic rings. The molecule has 0 saturated carbocycles. The van der Waals surface area contributed by atoms with Crippen LogP contribution in [0.2, 0.25) is 0 Å². The third-order valence-electron chi connectivity index (χ3n) is 3.55. The zero-order valence-corrected chi connectivity index (χ0v) is 12.8. The second-order valence-electron chi connectivity index (χ2n) is 5.20. The summed E-state index contributed by atoms with van der Waals surface area (Å²) in [6, 6.07) is 8.95. The SMILES string of the molecule is CCCNC(C)c1ccccc1-n1ccnc1CCC. The summed E-state index contributed by atoms with van der Waals surface area (Å²) in [5.41, 5.74) is 2.57. The number of hydrogen-bond donors (Lipinski definition) is 1. The molecule has 0 aliphatic heterocycles. The predicted molar refractivity (Wildman–Crippen MR) is 84.3 cm³/mol. The molecule has 3 heteroatoms. The lowest BCUT2D eigenvalue weighted by atomic mass is 10.1. The van der Waals surface area contributed by atoms with Crippen LogP contribution in [0.3, 0.4) is 0 Å². The summed E-state index contributed by atoms with van der Waals surface area (Å²) in [5, 5.41) is 3.57.